The Hall–Kier alpha value is -2.83. The molecule has 4 aliphatic rings. The molecule has 1 aromatic rings. The van der Waals surface area contributed by atoms with E-state index in [2.05, 4.69) is 33.8 Å². The summed E-state index contributed by atoms with van der Waals surface area (Å²) in [5, 5.41) is 6.21. The number of pyridine rings is 1. The van der Waals surface area contributed by atoms with Gasteiger partial charge in [0.1, 0.15) is 0 Å². The molecule has 7 heteroatoms. The molecule has 1 atom stereocenters. The molecule has 31 heavy (non-hydrogen) atoms. The number of piperidine rings is 1. The number of amides is 4. The Labute approximate surface area is 183 Å². The minimum atomic E-state index is 0.0149. The summed E-state index contributed by atoms with van der Waals surface area (Å²) in [6.45, 7) is 4.26. The summed E-state index contributed by atoms with van der Waals surface area (Å²) in [4.78, 5) is 33.0. The molecule has 1 saturated carbocycles. The maximum Gasteiger partial charge on any atom is 0.318 e. The van der Waals surface area contributed by atoms with Crippen molar-refractivity contribution in [3.8, 4) is 0 Å². The van der Waals surface area contributed by atoms with Gasteiger partial charge < -0.3 is 20.4 Å². The second-order valence-electron chi connectivity index (χ2n) is 9.35. The first-order valence-corrected chi connectivity index (χ1v) is 11.5. The van der Waals surface area contributed by atoms with Crippen LogP contribution in [0, 0.1) is 11.3 Å². The number of carbonyl (C=O) groups excluding carboxylic acids is 2. The zero-order valence-electron chi connectivity index (χ0n) is 18.0. The van der Waals surface area contributed by atoms with Crippen LogP contribution in [0.3, 0.4) is 0 Å². The Bertz CT molecular complexity index is 891. The van der Waals surface area contributed by atoms with Crippen molar-refractivity contribution in [2.75, 3.05) is 26.2 Å². The predicted octanol–water partition coefficient (Wildman–Crippen LogP) is 3.19. The van der Waals surface area contributed by atoms with Gasteiger partial charge >= 0.3 is 12.1 Å². The van der Waals surface area contributed by atoms with E-state index in [1.54, 1.807) is 6.20 Å². The van der Waals surface area contributed by atoms with Crippen LogP contribution in [0.4, 0.5) is 9.59 Å². The van der Waals surface area contributed by atoms with Crippen molar-refractivity contribution in [2.24, 2.45) is 11.3 Å². The number of carbonyl (C=O) groups is 2. The van der Waals surface area contributed by atoms with Gasteiger partial charge in [0.25, 0.3) is 0 Å². The monoisotopic (exact) mass is 421 g/mol. The number of nitrogens with zero attached hydrogens (tertiary/aromatic N) is 3. The number of nitrogens with one attached hydrogen (secondary N) is 2. The Morgan fingerprint density at radius 2 is 1.87 bits per heavy atom. The van der Waals surface area contributed by atoms with E-state index < -0.39 is 0 Å². The molecule has 7 nitrogen and oxygen atoms in total. The summed E-state index contributed by atoms with van der Waals surface area (Å²) in [6, 6.07) is 2.05. The summed E-state index contributed by atoms with van der Waals surface area (Å²) in [6.07, 6.45) is 15.5. The largest absolute Gasteiger partial charge is 0.338 e. The molecule has 3 heterocycles. The van der Waals surface area contributed by atoms with E-state index >= 15 is 0 Å². The first kappa shape index (κ1) is 20.1. The van der Waals surface area contributed by atoms with Crippen LogP contribution in [-0.2, 0) is 13.1 Å². The van der Waals surface area contributed by atoms with Crippen molar-refractivity contribution in [3.63, 3.8) is 0 Å². The average molecular weight is 422 g/mol. The minimum Gasteiger partial charge on any atom is -0.338 e. The first-order chi connectivity index (χ1) is 15.1. The number of hydrogen-bond donors (Lipinski definition) is 2. The number of likely N-dealkylation sites (tertiary alicyclic amines) is 1. The van der Waals surface area contributed by atoms with Crippen molar-refractivity contribution >= 4 is 12.1 Å². The smallest absolute Gasteiger partial charge is 0.318 e. The molecule has 0 radical (unpaired) electrons. The van der Waals surface area contributed by atoms with E-state index in [1.807, 2.05) is 22.1 Å². The molecule has 0 bridgehead atoms. The summed E-state index contributed by atoms with van der Waals surface area (Å²) >= 11 is 0. The topological polar surface area (TPSA) is 77.6 Å². The molecular weight excluding hydrogens is 390 g/mol. The highest BCUT2D eigenvalue weighted by Crippen LogP contribution is 2.59. The Balaban J connectivity index is 1.03. The van der Waals surface area contributed by atoms with Crippen molar-refractivity contribution in [1.82, 2.24) is 25.4 Å². The molecule has 1 saturated heterocycles. The van der Waals surface area contributed by atoms with Crippen LogP contribution in [0.5, 0.6) is 0 Å². The lowest BCUT2D eigenvalue weighted by molar-refractivity contribution is 0.159. The van der Waals surface area contributed by atoms with Gasteiger partial charge in [-0.25, -0.2) is 9.59 Å². The highest BCUT2D eigenvalue weighted by molar-refractivity contribution is 5.75. The molecular formula is C24H31N5O2. The molecule has 1 unspecified atom stereocenters. The van der Waals surface area contributed by atoms with Crippen molar-refractivity contribution < 1.29 is 9.59 Å². The molecule has 2 aliphatic carbocycles. The molecule has 1 aromatic heterocycles. The number of allylic oxidation sites excluding steroid dienone is 2. The SMILES string of the molecule is O=C(NCC1=CCCC=C1)N1CCC2(CC1)CC2CNC(=O)N1Cc2ccncc2C1. The van der Waals surface area contributed by atoms with E-state index in [1.165, 1.54) is 11.1 Å². The van der Waals surface area contributed by atoms with Gasteiger partial charge in [0.2, 0.25) is 0 Å². The van der Waals surface area contributed by atoms with Crippen LogP contribution in [0.1, 0.15) is 43.2 Å². The Kier molecular flexibility index (Phi) is 5.42. The normalized spacial score (nSPS) is 23.4. The van der Waals surface area contributed by atoms with Crippen LogP contribution in [0.15, 0.2) is 42.3 Å². The van der Waals surface area contributed by atoms with Gasteiger partial charge in [-0.2, -0.15) is 0 Å². The first-order valence-electron chi connectivity index (χ1n) is 11.5. The van der Waals surface area contributed by atoms with Crippen LogP contribution >= 0.6 is 0 Å². The quantitative estimate of drug-likeness (QED) is 0.784. The fraction of sp³-hybridized carbons (Fsp3) is 0.542. The third kappa shape index (κ3) is 4.31. The van der Waals surface area contributed by atoms with Gasteiger partial charge in [-0.3, -0.25) is 4.98 Å². The van der Waals surface area contributed by atoms with Crippen molar-refractivity contribution in [3.05, 3.63) is 53.4 Å². The van der Waals surface area contributed by atoms with Crippen LogP contribution < -0.4 is 10.6 Å². The minimum absolute atomic E-state index is 0.0149. The van der Waals surface area contributed by atoms with E-state index in [-0.39, 0.29) is 12.1 Å². The second-order valence-corrected chi connectivity index (χ2v) is 9.35. The third-order valence-electron chi connectivity index (χ3n) is 7.43. The maximum atomic E-state index is 12.6. The van der Waals surface area contributed by atoms with Gasteiger partial charge in [-0.15, -0.1) is 0 Å². The average Bonchev–Trinajstić information content (AvgIpc) is 3.28. The summed E-state index contributed by atoms with van der Waals surface area (Å²) in [5.41, 5.74) is 3.84. The van der Waals surface area contributed by atoms with Crippen LogP contribution in [-0.4, -0.2) is 53.0 Å². The summed E-state index contributed by atoms with van der Waals surface area (Å²) < 4.78 is 0. The van der Waals surface area contributed by atoms with E-state index in [9.17, 15) is 9.59 Å². The zero-order valence-corrected chi connectivity index (χ0v) is 18.0. The molecule has 0 aromatic carbocycles. The molecule has 4 amide bonds. The molecule has 164 valence electrons. The van der Waals surface area contributed by atoms with Gasteiger partial charge in [0.15, 0.2) is 0 Å². The fourth-order valence-corrected chi connectivity index (χ4v) is 5.26. The fourth-order valence-electron chi connectivity index (χ4n) is 5.26. The van der Waals surface area contributed by atoms with E-state index in [4.69, 9.17) is 0 Å². The van der Waals surface area contributed by atoms with E-state index in [0.29, 0.717) is 31.0 Å². The summed E-state index contributed by atoms with van der Waals surface area (Å²) in [7, 11) is 0. The van der Waals surface area contributed by atoms with Gasteiger partial charge in [0, 0.05) is 51.7 Å². The number of rotatable bonds is 4. The lowest BCUT2D eigenvalue weighted by atomic mass is 9.91. The van der Waals surface area contributed by atoms with Crippen molar-refractivity contribution in [1.29, 1.82) is 0 Å². The maximum absolute atomic E-state index is 12.6. The van der Waals surface area contributed by atoms with Gasteiger partial charge in [0.05, 0.1) is 0 Å². The lowest BCUT2D eigenvalue weighted by Crippen LogP contribution is -2.46. The standard InChI is InChI=1S/C24H31N5O2/c30-22(26-13-18-4-2-1-3-5-18)28-10-7-24(8-11-28)12-21(24)15-27-23(31)29-16-19-6-9-25-14-20(19)17-29/h2,4-6,9,14,21H,1,3,7-8,10-13,15-17H2,(H,26,30)(H,27,31). The second kappa shape index (κ2) is 8.36. The highest BCUT2D eigenvalue weighted by Gasteiger charge is 2.54. The molecule has 5 rings (SSSR count). The zero-order chi connectivity index (χ0) is 21.3. The van der Waals surface area contributed by atoms with Crippen LogP contribution in [0.2, 0.25) is 0 Å². The predicted molar refractivity (Wildman–Crippen MR) is 118 cm³/mol. The Morgan fingerprint density at radius 3 is 2.65 bits per heavy atom. The van der Waals surface area contributed by atoms with Gasteiger partial charge in [-0.05, 0) is 66.2 Å². The van der Waals surface area contributed by atoms with E-state index in [0.717, 1.165) is 57.3 Å². The molecule has 1 spiro atoms. The Morgan fingerprint density at radius 1 is 1.06 bits per heavy atom. The number of hydrogen-bond acceptors (Lipinski definition) is 3. The van der Waals surface area contributed by atoms with Gasteiger partial charge in [-0.1, -0.05) is 18.2 Å². The number of fused-ring (bicyclic) bond motifs is 1. The van der Waals surface area contributed by atoms with Crippen molar-refractivity contribution in [2.45, 2.75) is 45.2 Å². The number of aromatic nitrogens is 1. The summed E-state index contributed by atoms with van der Waals surface area (Å²) in [5.74, 6) is 0.533. The third-order valence-corrected chi connectivity index (χ3v) is 7.43. The molecule has 2 fully saturated rings. The number of urea groups is 2. The van der Waals surface area contributed by atoms with Crippen LogP contribution in [0.25, 0.3) is 0 Å². The lowest BCUT2D eigenvalue weighted by Gasteiger charge is -2.33. The molecule has 2 N–H and O–H groups in total. The molecule has 2 aliphatic heterocycles. The highest BCUT2D eigenvalue weighted by atomic mass is 16.2.